The number of hydrogen-bond donors (Lipinski definition) is 1. The second-order valence-corrected chi connectivity index (χ2v) is 7.23. The number of sulfone groups is 1. The summed E-state index contributed by atoms with van der Waals surface area (Å²) >= 11 is 0. The van der Waals surface area contributed by atoms with Crippen LogP contribution < -0.4 is 5.32 Å². The molecule has 1 atom stereocenters. The zero-order valence-electron chi connectivity index (χ0n) is 11.5. The summed E-state index contributed by atoms with van der Waals surface area (Å²) in [5.41, 5.74) is 1.97. The number of nitrogens with one attached hydrogen (secondary N) is 1. The van der Waals surface area contributed by atoms with Crippen LogP contribution in [0.15, 0.2) is 36.4 Å². The van der Waals surface area contributed by atoms with Gasteiger partial charge in [0.15, 0.2) is 9.84 Å². The molecule has 0 aromatic heterocycles. The van der Waals surface area contributed by atoms with Gasteiger partial charge in [0.1, 0.15) is 0 Å². The Kier molecular flexibility index (Phi) is 4.60. The minimum Gasteiger partial charge on any atom is -0.349 e. The van der Waals surface area contributed by atoms with Gasteiger partial charge in [0, 0.05) is 12.1 Å². The summed E-state index contributed by atoms with van der Waals surface area (Å²) < 4.78 is 22.7. The monoisotopic (exact) mass is 293 g/mol. The van der Waals surface area contributed by atoms with Crippen LogP contribution in [0, 0.1) is 0 Å². The summed E-state index contributed by atoms with van der Waals surface area (Å²) in [5, 5.41) is 2.77. The van der Waals surface area contributed by atoms with Gasteiger partial charge < -0.3 is 5.32 Å². The van der Waals surface area contributed by atoms with Gasteiger partial charge in [-0.3, -0.25) is 4.79 Å². The standard InChI is InChI=1S/C15H19NO3S/c1-2-12(13-6-4-3-5-7-13)10-15(17)16-14-8-9-20(18,19)11-14/h3-7,10,14H,2,8-9,11H2,1H3,(H,16,17)/b12-10+. The highest BCUT2D eigenvalue weighted by molar-refractivity contribution is 7.91. The Hall–Kier alpha value is -1.62. The van der Waals surface area contributed by atoms with Gasteiger partial charge in [0.2, 0.25) is 5.91 Å². The molecular weight excluding hydrogens is 274 g/mol. The number of hydrogen-bond acceptors (Lipinski definition) is 3. The summed E-state index contributed by atoms with van der Waals surface area (Å²) in [6, 6.07) is 9.46. The lowest BCUT2D eigenvalue weighted by molar-refractivity contribution is -0.117. The molecule has 5 heteroatoms. The van der Waals surface area contributed by atoms with Crippen LogP contribution >= 0.6 is 0 Å². The average molecular weight is 293 g/mol. The SMILES string of the molecule is CC/C(=C\C(=O)NC1CCS(=O)(=O)C1)c1ccccc1. The summed E-state index contributed by atoms with van der Waals surface area (Å²) in [6.07, 6.45) is 2.83. The molecule has 1 aliphatic rings. The van der Waals surface area contributed by atoms with E-state index in [0.717, 1.165) is 17.6 Å². The zero-order valence-corrected chi connectivity index (χ0v) is 12.3. The summed E-state index contributed by atoms with van der Waals surface area (Å²) in [6.45, 7) is 1.99. The molecule has 108 valence electrons. The van der Waals surface area contributed by atoms with Crippen LogP contribution in [0.3, 0.4) is 0 Å². The third-order valence-corrected chi connectivity index (χ3v) is 5.18. The Morgan fingerprint density at radius 1 is 1.35 bits per heavy atom. The van der Waals surface area contributed by atoms with E-state index in [2.05, 4.69) is 5.32 Å². The van der Waals surface area contributed by atoms with Gasteiger partial charge in [-0.25, -0.2) is 8.42 Å². The van der Waals surface area contributed by atoms with Crippen molar-refractivity contribution in [1.82, 2.24) is 5.32 Å². The highest BCUT2D eigenvalue weighted by atomic mass is 32.2. The average Bonchev–Trinajstić information content (AvgIpc) is 2.76. The lowest BCUT2D eigenvalue weighted by Crippen LogP contribution is -2.34. The lowest BCUT2D eigenvalue weighted by Gasteiger charge is -2.10. The Balaban J connectivity index is 2.04. The van der Waals surface area contributed by atoms with Crippen molar-refractivity contribution < 1.29 is 13.2 Å². The van der Waals surface area contributed by atoms with Crippen molar-refractivity contribution in [3.05, 3.63) is 42.0 Å². The molecule has 1 aromatic carbocycles. The minimum absolute atomic E-state index is 0.0549. The molecule has 20 heavy (non-hydrogen) atoms. The van der Waals surface area contributed by atoms with Crippen molar-refractivity contribution in [2.24, 2.45) is 0 Å². The fourth-order valence-electron chi connectivity index (χ4n) is 2.35. The first kappa shape index (κ1) is 14.8. The first-order valence-corrected chi connectivity index (χ1v) is 8.59. The first-order chi connectivity index (χ1) is 9.50. The van der Waals surface area contributed by atoms with Gasteiger partial charge in [-0.1, -0.05) is 37.3 Å². The third-order valence-electron chi connectivity index (χ3n) is 3.41. The molecule has 0 saturated carbocycles. The predicted octanol–water partition coefficient (Wildman–Crippen LogP) is 1.78. The number of benzene rings is 1. The van der Waals surface area contributed by atoms with Crippen LogP contribution in [0.5, 0.6) is 0 Å². The molecule has 0 radical (unpaired) electrons. The second-order valence-electron chi connectivity index (χ2n) is 5.00. The molecule has 2 rings (SSSR count). The molecule has 0 spiro atoms. The van der Waals surface area contributed by atoms with Gasteiger partial charge in [-0.05, 0) is 24.0 Å². The van der Waals surface area contributed by atoms with Crippen LogP contribution in [-0.4, -0.2) is 31.9 Å². The highest BCUT2D eigenvalue weighted by Gasteiger charge is 2.28. The van der Waals surface area contributed by atoms with Crippen LogP contribution in [-0.2, 0) is 14.6 Å². The summed E-state index contributed by atoms with van der Waals surface area (Å²) in [7, 11) is -2.96. The maximum atomic E-state index is 12.0. The van der Waals surface area contributed by atoms with E-state index in [1.165, 1.54) is 0 Å². The van der Waals surface area contributed by atoms with Gasteiger partial charge in [0.05, 0.1) is 11.5 Å². The Morgan fingerprint density at radius 3 is 2.60 bits per heavy atom. The number of rotatable bonds is 4. The first-order valence-electron chi connectivity index (χ1n) is 6.77. The molecule has 1 saturated heterocycles. The third kappa shape index (κ3) is 3.93. The van der Waals surface area contributed by atoms with Gasteiger partial charge in [-0.15, -0.1) is 0 Å². The number of allylic oxidation sites excluding steroid dienone is 1. The molecule has 0 aliphatic carbocycles. The molecule has 1 N–H and O–H groups in total. The van der Waals surface area contributed by atoms with E-state index in [0.29, 0.717) is 6.42 Å². The highest BCUT2D eigenvalue weighted by Crippen LogP contribution is 2.17. The fourth-order valence-corrected chi connectivity index (χ4v) is 4.03. The van der Waals surface area contributed by atoms with Crippen molar-refractivity contribution in [2.75, 3.05) is 11.5 Å². The molecule has 1 unspecified atom stereocenters. The van der Waals surface area contributed by atoms with E-state index in [1.807, 2.05) is 37.3 Å². The Morgan fingerprint density at radius 2 is 2.05 bits per heavy atom. The second kappa shape index (κ2) is 6.22. The van der Waals surface area contributed by atoms with E-state index in [9.17, 15) is 13.2 Å². The molecule has 1 heterocycles. The van der Waals surface area contributed by atoms with Crippen molar-refractivity contribution >= 4 is 21.3 Å². The smallest absolute Gasteiger partial charge is 0.244 e. The summed E-state index contributed by atoms with van der Waals surface area (Å²) in [5.74, 6) is 0.00758. The zero-order chi connectivity index (χ0) is 14.6. The van der Waals surface area contributed by atoms with Gasteiger partial charge >= 0.3 is 0 Å². The maximum Gasteiger partial charge on any atom is 0.244 e. The quantitative estimate of drug-likeness (QED) is 0.861. The number of carbonyl (C=O) groups excluding carboxylic acids is 1. The number of amides is 1. The Labute approximate surface area is 119 Å². The van der Waals surface area contributed by atoms with E-state index in [1.54, 1.807) is 6.08 Å². The normalized spacial score (nSPS) is 21.6. The molecule has 1 aromatic rings. The van der Waals surface area contributed by atoms with E-state index in [-0.39, 0.29) is 23.5 Å². The van der Waals surface area contributed by atoms with Crippen LogP contribution in [0.1, 0.15) is 25.3 Å². The number of carbonyl (C=O) groups is 1. The minimum atomic E-state index is -2.96. The fraction of sp³-hybridized carbons (Fsp3) is 0.400. The van der Waals surface area contributed by atoms with Crippen LogP contribution in [0.2, 0.25) is 0 Å². The van der Waals surface area contributed by atoms with Crippen molar-refractivity contribution in [2.45, 2.75) is 25.8 Å². The molecule has 1 fully saturated rings. The largest absolute Gasteiger partial charge is 0.349 e. The van der Waals surface area contributed by atoms with E-state index in [4.69, 9.17) is 0 Å². The predicted molar refractivity (Wildman–Crippen MR) is 79.9 cm³/mol. The van der Waals surface area contributed by atoms with Crippen molar-refractivity contribution in [3.63, 3.8) is 0 Å². The van der Waals surface area contributed by atoms with Crippen molar-refractivity contribution in [1.29, 1.82) is 0 Å². The molecule has 1 aliphatic heterocycles. The molecule has 1 amide bonds. The van der Waals surface area contributed by atoms with Gasteiger partial charge in [-0.2, -0.15) is 0 Å². The topological polar surface area (TPSA) is 63.2 Å². The van der Waals surface area contributed by atoms with E-state index < -0.39 is 9.84 Å². The lowest BCUT2D eigenvalue weighted by atomic mass is 10.0. The van der Waals surface area contributed by atoms with Crippen molar-refractivity contribution in [3.8, 4) is 0 Å². The molecular formula is C15H19NO3S. The van der Waals surface area contributed by atoms with Crippen LogP contribution in [0.25, 0.3) is 5.57 Å². The Bertz CT molecular complexity index is 605. The maximum absolute atomic E-state index is 12.0. The van der Waals surface area contributed by atoms with Gasteiger partial charge in [0.25, 0.3) is 0 Å². The molecule has 0 bridgehead atoms. The summed E-state index contributed by atoms with van der Waals surface area (Å²) in [4.78, 5) is 12.0. The van der Waals surface area contributed by atoms with Crippen LogP contribution in [0.4, 0.5) is 0 Å². The molecule has 4 nitrogen and oxygen atoms in total. The van der Waals surface area contributed by atoms with E-state index >= 15 is 0 Å².